The van der Waals surface area contributed by atoms with Gasteiger partial charge in [0.05, 0.1) is 6.54 Å². The van der Waals surface area contributed by atoms with Crippen molar-refractivity contribution in [1.29, 1.82) is 0 Å². The Morgan fingerprint density at radius 2 is 1.80 bits per heavy atom. The van der Waals surface area contributed by atoms with Crippen LogP contribution >= 0.6 is 22.6 Å². The van der Waals surface area contributed by atoms with Crippen molar-refractivity contribution < 1.29 is 4.42 Å². The summed E-state index contributed by atoms with van der Waals surface area (Å²) in [4.78, 5) is 0. The molecule has 0 radical (unpaired) electrons. The van der Waals surface area contributed by atoms with Gasteiger partial charge in [-0.3, -0.25) is 0 Å². The molecule has 4 saturated carbocycles. The molecule has 4 aliphatic carbocycles. The second kappa shape index (κ2) is 5.01. The van der Waals surface area contributed by atoms with Crippen molar-refractivity contribution in [2.75, 3.05) is 0 Å². The van der Waals surface area contributed by atoms with E-state index < -0.39 is 0 Å². The molecule has 4 fully saturated rings. The molecule has 0 aliphatic heterocycles. The first kappa shape index (κ1) is 13.6. The van der Waals surface area contributed by atoms with E-state index in [9.17, 15) is 0 Å². The maximum Gasteiger partial charge on any atom is 0.164 e. The van der Waals surface area contributed by atoms with Crippen LogP contribution in [0, 0.1) is 26.9 Å². The lowest BCUT2D eigenvalue weighted by atomic mass is 9.48. The van der Waals surface area contributed by atoms with Gasteiger partial charge in [0, 0.05) is 6.04 Å². The Morgan fingerprint density at radius 3 is 2.30 bits per heavy atom. The predicted molar refractivity (Wildman–Crippen MR) is 88.3 cm³/mol. The van der Waals surface area contributed by atoms with E-state index in [2.05, 4.69) is 40.9 Å². The Hall–Kier alpha value is -0.0300. The van der Waals surface area contributed by atoms with Crippen molar-refractivity contribution in [3.05, 3.63) is 21.7 Å². The molecule has 110 valence electrons. The van der Waals surface area contributed by atoms with Crippen LogP contribution in [-0.2, 0) is 6.54 Å². The van der Waals surface area contributed by atoms with E-state index in [-0.39, 0.29) is 0 Å². The predicted octanol–water partition coefficient (Wildman–Crippen LogP) is 4.58. The minimum absolute atomic E-state index is 0.592. The molecule has 1 aromatic rings. The van der Waals surface area contributed by atoms with Gasteiger partial charge in [0.25, 0.3) is 0 Å². The first-order valence-corrected chi connectivity index (χ1v) is 9.18. The number of rotatable bonds is 4. The molecule has 0 aromatic carbocycles. The van der Waals surface area contributed by atoms with Crippen LogP contribution in [0.25, 0.3) is 0 Å². The summed E-state index contributed by atoms with van der Waals surface area (Å²) in [6.45, 7) is 3.30. The smallest absolute Gasteiger partial charge is 0.164 e. The maximum absolute atomic E-state index is 5.68. The standard InChI is InChI=1S/C17H24INO/c1-11(19-10-15-2-3-16(18)20-15)17-7-12-4-13(8-17)6-14(5-12)9-17/h2-3,11-14,19H,4-10H2,1H3. The number of hydrogen-bond donors (Lipinski definition) is 1. The molecule has 4 bridgehead atoms. The minimum atomic E-state index is 0.592. The van der Waals surface area contributed by atoms with Crippen LogP contribution in [0.15, 0.2) is 16.5 Å². The number of hydrogen-bond acceptors (Lipinski definition) is 2. The first-order chi connectivity index (χ1) is 9.63. The average Bonchev–Trinajstić information content (AvgIpc) is 2.80. The molecule has 0 saturated heterocycles. The molecule has 1 aromatic heterocycles. The van der Waals surface area contributed by atoms with Gasteiger partial charge in [0.2, 0.25) is 0 Å². The van der Waals surface area contributed by atoms with E-state index in [1.807, 2.05) is 6.07 Å². The first-order valence-electron chi connectivity index (χ1n) is 8.10. The van der Waals surface area contributed by atoms with Crippen molar-refractivity contribution >= 4 is 22.6 Å². The number of halogens is 1. The topological polar surface area (TPSA) is 25.2 Å². The summed E-state index contributed by atoms with van der Waals surface area (Å²) >= 11 is 2.24. The molecule has 1 N–H and O–H groups in total. The molecule has 2 nitrogen and oxygen atoms in total. The van der Waals surface area contributed by atoms with E-state index >= 15 is 0 Å². The van der Waals surface area contributed by atoms with Gasteiger partial charge in [-0.2, -0.15) is 0 Å². The summed E-state index contributed by atoms with van der Waals surface area (Å²) in [6, 6.07) is 4.77. The summed E-state index contributed by atoms with van der Waals surface area (Å²) in [5.74, 6) is 4.19. The second-order valence-corrected chi connectivity index (χ2v) is 8.65. The van der Waals surface area contributed by atoms with Gasteiger partial charge in [-0.1, -0.05) is 0 Å². The number of nitrogens with one attached hydrogen (secondary N) is 1. The zero-order valence-corrected chi connectivity index (χ0v) is 14.4. The van der Waals surface area contributed by atoms with Gasteiger partial charge in [-0.25, -0.2) is 0 Å². The highest BCUT2D eigenvalue weighted by molar-refractivity contribution is 14.1. The van der Waals surface area contributed by atoms with Crippen LogP contribution in [-0.4, -0.2) is 6.04 Å². The largest absolute Gasteiger partial charge is 0.454 e. The number of furan rings is 1. The average molecular weight is 385 g/mol. The van der Waals surface area contributed by atoms with Gasteiger partial charge in [-0.05, 0) is 103 Å². The fraction of sp³-hybridized carbons (Fsp3) is 0.765. The van der Waals surface area contributed by atoms with Crippen molar-refractivity contribution in [3.8, 4) is 0 Å². The summed E-state index contributed by atoms with van der Waals surface area (Å²) < 4.78 is 6.66. The third-order valence-corrected chi connectivity index (χ3v) is 6.80. The molecular weight excluding hydrogens is 361 g/mol. The second-order valence-electron chi connectivity index (χ2n) is 7.59. The molecule has 1 atom stereocenters. The lowest BCUT2D eigenvalue weighted by molar-refractivity contribution is -0.0708. The summed E-state index contributed by atoms with van der Waals surface area (Å²) in [5.41, 5.74) is 0.592. The highest BCUT2D eigenvalue weighted by atomic mass is 127. The molecular formula is C17H24INO. The Morgan fingerprint density at radius 1 is 1.20 bits per heavy atom. The fourth-order valence-electron chi connectivity index (χ4n) is 5.62. The van der Waals surface area contributed by atoms with Crippen LogP contribution < -0.4 is 5.32 Å². The van der Waals surface area contributed by atoms with E-state index in [0.717, 1.165) is 33.8 Å². The Bertz CT molecular complexity index is 460. The lowest BCUT2D eigenvalue weighted by Gasteiger charge is -2.59. The molecule has 0 amide bonds. The highest BCUT2D eigenvalue weighted by Gasteiger charge is 2.52. The van der Waals surface area contributed by atoms with Crippen LogP contribution in [0.4, 0.5) is 0 Å². The van der Waals surface area contributed by atoms with Crippen LogP contribution in [0.5, 0.6) is 0 Å². The summed E-state index contributed by atoms with van der Waals surface area (Å²) in [7, 11) is 0. The minimum Gasteiger partial charge on any atom is -0.454 e. The van der Waals surface area contributed by atoms with Gasteiger partial charge in [0.1, 0.15) is 5.76 Å². The van der Waals surface area contributed by atoms with Crippen LogP contribution in [0.2, 0.25) is 0 Å². The van der Waals surface area contributed by atoms with Crippen LogP contribution in [0.1, 0.15) is 51.2 Å². The molecule has 20 heavy (non-hydrogen) atoms. The Kier molecular flexibility index (Phi) is 3.41. The Balaban J connectivity index is 1.44. The zero-order chi connectivity index (χ0) is 13.7. The molecule has 3 heteroatoms. The van der Waals surface area contributed by atoms with E-state index in [1.165, 1.54) is 38.5 Å². The van der Waals surface area contributed by atoms with Crippen molar-refractivity contribution in [2.45, 2.75) is 58.0 Å². The normalized spacial score (nSPS) is 40.2. The monoisotopic (exact) mass is 385 g/mol. The lowest BCUT2D eigenvalue weighted by Crippen LogP contribution is -2.54. The van der Waals surface area contributed by atoms with Crippen molar-refractivity contribution in [2.24, 2.45) is 23.2 Å². The summed E-state index contributed by atoms with van der Waals surface area (Å²) in [5, 5.41) is 3.77. The maximum atomic E-state index is 5.68. The van der Waals surface area contributed by atoms with Gasteiger partial charge < -0.3 is 9.73 Å². The molecule has 5 rings (SSSR count). The van der Waals surface area contributed by atoms with Crippen molar-refractivity contribution in [1.82, 2.24) is 5.32 Å². The molecule has 1 unspecified atom stereocenters. The van der Waals surface area contributed by atoms with Crippen LogP contribution in [0.3, 0.4) is 0 Å². The quantitative estimate of drug-likeness (QED) is 0.768. The third-order valence-electron chi connectivity index (χ3n) is 6.22. The van der Waals surface area contributed by atoms with E-state index in [1.54, 1.807) is 0 Å². The highest BCUT2D eigenvalue weighted by Crippen LogP contribution is 2.61. The fourth-order valence-corrected chi connectivity index (χ4v) is 6.09. The Labute approximate surface area is 135 Å². The third kappa shape index (κ3) is 2.35. The van der Waals surface area contributed by atoms with E-state index in [4.69, 9.17) is 4.42 Å². The zero-order valence-electron chi connectivity index (χ0n) is 12.2. The molecule has 1 heterocycles. The van der Waals surface area contributed by atoms with Gasteiger partial charge in [-0.15, -0.1) is 0 Å². The SMILES string of the molecule is CC(NCc1ccc(I)o1)C12CC3CC(CC(C3)C1)C2. The van der Waals surface area contributed by atoms with Gasteiger partial charge >= 0.3 is 0 Å². The van der Waals surface area contributed by atoms with Crippen molar-refractivity contribution in [3.63, 3.8) is 0 Å². The summed E-state index contributed by atoms with van der Waals surface area (Å²) in [6.07, 6.45) is 9.02. The van der Waals surface area contributed by atoms with E-state index in [0.29, 0.717) is 11.5 Å². The van der Waals surface area contributed by atoms with Gasteiger partial charge in [0.15, 0.2) is 3.77 Å². The molecule has 0 spiro atoms. The molecule has 4 aliphatic rings.